The molecule has 3 heterocycles. The molecule has 0 aliphatic carbocycles. The van der Waals surface area contributed by atoms with Crippen molar-refractivity contribution in [1.82, 2.24) is 19.8 Å². The maximum Gasteiger partial charge on any atom is 0.295 e. The van der Waals surface area contributed by atoms with E-state index in [0.717, 1.165) is 0 Å². The standard InChI is InChI=1S/C21H19ClN4O3/c1-13-12-25(20(28)14-5-3-2-4-6-14)9-10-26(13)21(29)18(27)15-11-24-19-17(15)16(22)7-8-23-19/h2-8,11,13H,9-10,12H2,1H3,(H,23,24). The molecule has 1 aliphatic rings. The van der Waals surface area contributed by atoms with Gasteiger partial charge in [-0.1, -0.05) is 29.8 Å². The Hall–Kier alpha value is -3.19. The molecule has 0 bridgehead atoms. The van der Waals surface area contributed by atoms with Gasteiger partial charge in [0.15, 0.2) is 0 Å². The maximum absolute atomic E-state index is 12.9. The normalized spacial score (nSPS) is 16.8. The van der Waals surface area contributed by atoms with Crippen LogP contribution in [0.25, 0.3) is 11.0 Å². The molecule has 1 N–H and O–H groups in total. The minimum atomic E-state index is -0.638. The first-order chi connectivity index (χ1) is 14.0. The number of fused-ring (bicyclic) bond motifs is 1. The number of Topliss-reactive ketones (excluding diaryl/α,β-unsaturated/α-hetero) is 1. The van der Waals surface area contributed by atoms with E-state index in [0.29, 0.717) is 41.3 Å². The van der Waals surface area contributed by atoms with Crippen molar-refractivity contribution in [2.45, 2.75) is 13.0 Å². The zero-order chi connectivity index (χ0) is 20.5. The van der Waals surface area contributed by atoms with Gasteiger partial charge in [-0.25, -0.2) is 4.98 Å². The molecule has 4 rings (SSSR count). The van der Waals surface area contributed by atoms with Crippen molar-refractivity contribution in [1.29, 1.82) is 0 Å². The number of hydrogen-bond acceptors (Lipinski definition) is 4. The van der Waals surface area contributed by atoms with E-state index in [-0.39, 0.29) is 17.5 Å². The number of nitrogens with one attached hydrogen (secondary N) is 1. The van der Waals surface area contributed by atoms with Crippen molar-refractivity contribution in [2.24, 2.45) is 0 Å². The zero-order valence-corrected chi connectivity index (χ0v) is 16.5. The Morgan fingerprint density at radius 3 is 2.62 bits per heavy atom. The number of nitrogens with zero attached hydrogens (tertiary/aromatic N) is 3. The predicted octanol–water partition coefficient (Wildman–Crippen LogP) is 2.77. The van der Waals surface area contributed by atoms with Crippen LogP contribution >= 0.6 is 11.6 Å². The number of carbonyl (C=O) groups is 3. The molecule has 1 atom stereocenters. The molecule has 7 nitrogen and oxygen atoms in total. The second-order valence-corrected chi connectivity index (χ2v) is 7.42. The van der Waals surface area contributed by atoms with Crippen molar-refractivity contribution in [3.63, 3.8) is 0 Å². The summed E-state index contributed by atoms with van der Waals surface area (Å²) in [5, 5.41) is 0.803. The summed E-state index contributed by atoms with van der Waals surface area (Å²) in [5.41, 5.74) is 1.27. The van der Waals surface area contributed by atoms with Crippen LogP contribution in [0.3, 0.4) is 0 Å². The second kappa shape index (κ2) is 7.67. The molecule has 0 spiro atoms. The molecule has 8 heteroatoms. The summed E-state index contributed by atoms with van der Waals surface area (Å²) in [6.45, 7) is 2.86. The summed E-state index contributed by atoms with van der Waals surface area (Å²) in [6, 6.07) is 10.3. The molecule has 1 unspecified atom stereocenters. The first-order valence-corrected chi connectivity index (χ1v) is 9.66. The Balaban J connectivity index is 1.50. The highest BCUT2D eigenvalue weighted by Gasteiger charge is 2.34. The molecule has 1 aliphatic heterocycles. The lowest BCUT2D eigenvalue weighted by atomic mass is 10.1. The van der Waals surface area contributed by atoms with Crippen LogP contribution in [0.1, 0.15) is 27.6 Å². The van der Waals surface area contributed by atoms with Gasteiger partial charge in [-0.3, -0.25) is 14.4 Å². The van der Waals surface area contributed by atoms with Crippen LogP contribution < -0.4 is 0 Å². The lowest BCUT2D eigenvalue weighted by molar-refractivity contribution is -0.130. The Morgan fingerprint density at radius 1 is 1.14 bits per heavy atom. The fraction of sp³-hybridized carbons (Fsp3) is 0.238. The zero-order valence-electron chi connectivity index (χ0n) is 15.8. The average Bonchev–Trinajstić information content (AvgIpc) is 3.18. The summed E-state index contributed by atoms with van der Waals surface area (Å²) in [5.74, 6) is -1.32. The predicted molar refractivity (Wildman–Crippen MR) is 109 cm³/mol. The molecule has 148 valence electrons. The highest BCUT2D eigenvalue weighted by Crippen LogP contribution is 2.26. The molecule has 1 aromatic carbocycles. The van der Waals surface area contributed by atoms with E-state index >= 15 is 0 Å². The molecule has 2 aromatic heterocycles. The minimum absolute atomic E-state index is 0.0784. The molecule has 2 amide bonds. The summed E-state index contributed by atoms with van der Waals surface area (Å²) in [6.07, 6.45) is 2.99. The fourth-order valence-electron chi connectivity index (χ4n) is 3.65. The van der Waals surface area contributed by atoms with Crippen LogP contribution in [0.2, 0.25) is 5.02 Å². The highest BCUT2D eigenvalue weighted by molar-refractivity contribution is 6.46. The average molecular weight is 411 g/mol. The molecular weight excluding hydrogens is 392 g/mol. The molecule has 0 saturated carbocycles. The van der Waals surface area contributed by atoms with Gasteiger partial charge in [0.1, 0.15) is 5.65 Å². The number of benzene rings is 1. The van der Waals surface area contributed by atoms with E-state index in [2.05, 4.69) is 9.97 Å². The summed E-state index contributed by atoms with van der Waals surface area (Å²) in [7, 11) is 0. The number of rotatable bonds is 3. The molecule has 1 saturated heterocycles. The number of carbonyl (C=O) groups excluding carboxylic acids is 3. The number of piperazine rings is 1. The van der Waals surface area contributed by atoms with E-state index in [4.69, 9.17) is 11.6 Å². The van der Waals surface area contributed by atoms with Gasteiger partial charge in [-0.2, -0.15) is 0 Å². The topological polar surface area (TPSA) is 86.4 Å². The Bertz CT molecular complexity index is 1100. The van der Waals surface area contributed by atoms with Gasteiger partial charge in [0, 0.05) is 49.0 Å². The molecule has 29 heavy (non-hydrogen) atoms. The van der Waals surface area contributed by atoms with Gasteiger partial charge in [-0.15, -0.1) is 0 Å². The van der Waals surface area contributed by atoms with Crippen molar-refractivity contribution in [3.8, 4) is 0 Å². The number of ketones is 1. The van der Waals surface area contributed by atoms with Gasteiger partial charge < -0.3 is 14.8 Å². The molecule has 3 aromatic rings. The van der Waals surface area contributed by atoms with Crippen LogP contribution in [-0.4, -0.2) is 63.0 Å². The van der Waals surface area contributed by atoms with Crippen molar-refractivity contribution >= 4 is 40.2 Å². The lowest BCUT2D eigenvalue weighted by Gasteiger charge is -2.39. The Kier molecular flexibility index (Phi) is 5.07. The Labute approximate surface area is 172 Å². The van der Waals surface area contributed by atoms with Gasteiger partial charge in [0.05, 0.1) is 10.6 Å². The first-order valence-electron chi connectivity index (χ1n) is 9.28. The summed E-state index contributed by atoms with van der Waals surface area (Å²) < 4.78 is 0. The molecule has 1 fully saturated rings. The van der Waals surface area contributed by atoms with Crippen LogP contribution in [0.5, 0.6) is 0 Å². The van der Waals surface area contributed by atoms with E-state index in [9.17, 15) is 14.4 Å². The fourth-order valence-corrected chi connectivity index (χ4v) is 3.90. The second-order valence-electron chi connectivity index (χ2n) is 7.01. The van der Waals surface area contributed by atoms with Crippen LogP contribution in [0.15, 0.2) is 48.8 Å². The largest absolute Gasteiger partial charge is 0.345 e. The van der Waals surface area contributed by atoms with Crippen molar-refractivity contribution < 1.29 is 14.4 Å². The first kappa shape index (κ1) is 19.1. The minimum Gasteiger partial charge on any atom is -0.345 e. The van der Waals surface area contributed by atoms with Gasteiger partial charge in [0.2, 0.25) is 0 Å². The Morgan fingerprint density at radius 2 is 1.90 bits per heavy atom. The number of hydrogen-bond donors (Lipinski definition) is 1. The molecular formula is C21H19ClN4O3. The monoisotopic (exact) mass is 410 g/mol. The molecule has 0 radical (unpaired) electrons. The number of aromatic nitrogens is 2. The van der Waals surface area contributed by atoms with E-state index in [1.165, 1.54) is 17.3 Å². The summed E-state index contributed by atoms with van der Waals surface area (Å²) in [4.78, 5) is 48.7. The third kappa shape index (κ3) is 3.49. The number of H-pyrrole nitrogens is 1. The number of halogens is 1. The van der Waals surface area contributed by atoms with E-state index < -0.39 is 11.7 Å². The SMILES string of the molecule is CC1CN(C(=O)c2ccccc2)CCN1C(=O)C(=O)c1c[nH]c2nccc(Cl)c12. The number of aromatic amines is 1. The van der Waals surface area contributed by atoms with E-state index in [1.54, 1.807) is 23.1 Å². The summed E-state index contributed by atoms with van der Waals surface area (Å²) >= 11 is 6.20. The van der Waals surface area contributed by atoms with Gasteiger partial charge in [0.25, 0.3) is 17.6 Å². The van der Waals surface area contributed by atoms with Crippen molar-refractivity contribution in [3.05, 3.63) is 64.9 Å². The smallest absolute Gasteiger partial charge is 0.295 e. The van der Waals surface area contributed by atoms with Crippen LogP contribution in [0, 0.1) is 0 Å². The van der Waals surface area contributed by atoms with Crippen molar-refractivity contribution in [2.75, 3.05) is 19.6 Å². The van der Waals surface area contributed by atoms with Gasteiger partial charge >= 0.3 is 0 Å². The number of amides is 2. The number of pyridine rings is 1. The maximum atomic E-state index is 12.9. The quantitative estimate of drug-likeness (QED) is 0.531. The third-order valence-corrected chi connectivity index (χ3v) is 5.47. The van der Waals surface area contributed by atoms with E-state index in [1.807, 2.05) is 25.1 Å². The lowest BCUT2D eigenvalue weighted by Crippen LogP contribution is -2.56. The third-order valence-electron chi connectivity index (χ3n) is 5.16. The van der Waals surface area contributed by atoms with Crippen LogP contribution in [0.4, 0.5) is 0 Å². The van der Waals surface area contributed by atoms with Crippen LogP contribution in [-0.2, 0) is 4.79 Å². The van der Waals surface area contributed by atoms with Gasteiger partial charge in [-0.05, 0) is 25.1 Å². The highest BCUT2D eigenvalue weighted by atomic mass is 35.5.